The van der Waals surface area contributed by atoms with Gasteiger partial charge < -0.3 is 15.1 Å². The number of rotatable bonds is 5. The van der Waals surface area contributed by atoms with Crippen molar-refractivity contribution in [3.63, 3.8) is 0 Å². The first-order valence-corrected chi connectivity index (χ1v) is 11.6. The van der Waals surface area contributed by atoms with E-state index in [2.05, 4.69) is 20.6 Å². The molecule has 0 aliphatic heterocycles. The summed E-state index contributed by atoms with van der Waals surface area (Å²) < 4.78 is 6.15. The van der Waals surface area contributed by atoms with E-state index in [9.17, 15) is 4.79 Å². The van der Waals surface area contributed by atoms with Crippen molar-refractivity contribution in [3.05, 3.63) is 115 Å². The van der Waals surface area contributed by atoms with Gasteiger partial charge in [0.1, 0.15) is 23.3 Å². The molecule has 0 atom stereocenters. The summed E-state index contributed by atoms with van der Waals surface area (Å²) in [5.41, 5.74) is 5.71. The lowest BCUT2D eigenvalue weighted by Gasteiger charge is -2.09. The van der Waals surface area contributed by atoms with E-state index < -0.39 is 0 Å². The Bertz CT molecular complexity index is 1800. The van der Waals surface area contributed by atoms with Crippen LogP contribution in [-0.2, 0) is 0 Å². The summed E-state index contributed by atoms with van der Waals surface area (Å²) >= 11 is 0. The predicted octanol–water partition coefficient (Wildman–Crippen LogP) is 6.91. The van der Waals surface area contributed by atoms with Crippen LogP contribution >= 0.6 is 0 Å². The quantitative estimate of drug-likeness (QED) is 0.277. The fourth-order valence-electron chi connectivity index (χ4n) is 4.21. The highest BCUT2D eigenvalue weighted by Gasteiger charge is 2.13. The van der Waals surface area contributed by atoms with Crippen LogP contribution in [0.5, 0.6) is 0 Å². The van der Waals surface area contributed by atoms with Gasteiger partial charge in [-0.3, -0.25) is 4.79 Å². The summed E-state index contributed by atoms with van der Waals surface area (Å²) in [6.45, 7) is 0. The molecule has 2 heterocycles. The van der Waals surface area contributed by atoms with E-state index >= 15 is 0 Å². The Kier molecular flexibility index (Phi) is 5.52. The molecule has 0 bridgehead atoms. The first kappa shape index (κ1) is 22.0. The van der Waals surface area contributed by atoms with Crippen molar-refractivity contribution in [2.24, 2.45) is 0 Å². The molecule has 37 heavy (non-hydrogen) atoms. The summed E-state index contributed by atoms with van der Waals surface area (Å²) in [6, 6.07) is 31.7. The maximum atomic E-state index is 12.5. The molecular weight excluding hydrogens is 462 g/mol. The number of amides is 1. The van der Waals surface area contributed by atoms with Gasteiger partial charge in [-0.05, 0) is 60.7 Å². The lowest BCUT2D eigenvalue weighted by molar-refractivity contribution is 0.102. The van der Waals surface area contributed by atoms with Gasteiger partial charge in [0.2, 0.25) is 0 Å². The lowest BCUT2D eigenvalue weighted by atomic mass is 10.1. The molecule has 2 N–H and O–H groups in total. The average Bonchev–Trinajstić information content (AvgIpc) is 3.33. The van der Waals surface area contributed by atoms with Crippen molar-refractivity contribution in [3.8, 4) is 17.3 Å². The third kappa shape index (κ3) is 4.35. The Labute approximate surface area is 212 Å². The smallest absolute Gasteiger partial charge is 0.255 e. The Morgan fingerprint density at radius 3 is 2.38 bits per heavy atom. The monoisotopic (exact) mass is 481 g/mol. The number of anilines is 3. The minimum atomic E-state index is -0.245. The summed E-state index contributed by atoms with van der Waals surface area (Å²) in [7, 11) is 0. The van der Waals surface area contributed by atoms with E-state index in [4.69, 9.17) is 9.68 Å². The standard InChI is InChI=1S/C30H19N5O2/c31-17-19-8-10-20(11-9-19)30(36)35-22-14-12-21(13-15-22)34-28-16-26(32-18-33-28)25-6-3-5-24-23-4-1-2-7-27(23)37-29(24)25/h1-16,18H,(H,35,36)(H,32,33,34). The molecule has 0 saturated heterocycles. The minimum absolute atomic E-state index is 0.245. The topological polar surface area (TPSA) is 104 Å². The number of benzene rings is 4. The molecule has 1 amide bonds. The summed E-state index contributed by atoms with van der Waals surface area (Å²) in [4.78, 5) is 21.3. The number of hydrogen-bond acceptors (Lipinski definition) is 6. The number of nitrogens with zero attached hydrogens (tertiary/aromatic N) is 3. The van der Waals surface area contributed by atoms with Crippen LogP contribution in [0.3, 0.4) is 0 Å². The number of hydrogen-bond donors (Lipinski definition) is 2. The molecule has 7 nitrogen and oxygen atoms in total. The van der Waals surface area contributed by atoms with E-state index in [1.54, 1.807) is 36.4 Å². The Morgan fingerprint density at radius 2 is 1.57 bits per heavy atom. The largest absolute Gasteiger partial charge is 0.455 e. The molecule has 0 saturated carbocycles. The highest BCUT2D eigenvalue weighted by Crippen LogP contribution is 2.35. The van der Waals surface area contributed by atoms with Crippen molar-refractivity contribution in [2.45, 2.75) is 0 Å². The van der Waals surface area contributed by atoms with Gasteiger partial charge in [-0.2, -0.15) is 5.26 Å². The molecular formula is C30H19N5O2. The normalized spacial score (nSPS) is 10.8. The highest BCUT2D eigenvalue weighted by atomic mass is 16.3. The van der Waals surface area contributed by atoms with Gasteiger partial charge >= 0.3 is 0 Å². The van der Waals surface area contributed by atoms with Crippen LogP contribution in [0.15, 0.2) is 108 Å². The van der Waals surface area contributed by atoms with Gasteiger partial charge in [-0.25, -0.2) is 9.97 Å². The van der Waals surface area contributed by atoms with Crippen LogP contribution < -0.4 is 10.6 Å². The van der Waals surface area contributed by atoms with Gasteiger partial charge in [0.05, 0.1) is 17.3 Å². The van der Waals surface area contributed by atoms with E-state index in [1.807, 2.05) is 66.7 Å². The second-order valence-corrected chi connectivity index (χ2v) is 8.41. The molecule has 0 aliphatic carbocycles. The van der Waals surface area contributed by atoms with Crippen LogP contribution in [0.25, 0.3) is 33.2 Å². The zero-order valence-electron chi connectivity index (χ0n) is 19.5. The van der Waals surface area contributed by atoms with Gasteiger partial charge in [-0.15, -0.1) is 0 Å². The number of furan rings is 1. The second kappa shape index (κ2) is 9.29. The van der Waals surface area contributed by atoms with Crippen LogP contribution in [0.1, 0.15) is 15.9 Å². The molecule has 0 aliphatic rings. The van der Waals surface area contributed by atoms with Crippen molar-refractivity contribution < 1.29 is 9.21 Å². The van der Waals surface area contributed by atoms with Crippen molar-refractivity contribution in [1.29, 1.82) is 5.26 Å². The van der Waals surface area contributed by atoms with Crippen LogP contribution in [0.2, 0.25) is 0 Å². The summed E-state index contributed by atoms with van der Waals surface area (Å²) in [5.74, 6) is 0.387. The van der Waals surface area contributed by atoms with Crippen molar-refractivity contribution in [1.82, 2.24) is 9.97 Å². The lowest BCUT2D eigenvalue weighted by Crippen LogP contribution is -2.11. The number of nitriles is 1. The zero-order chi connectivity index (χ0) is 25.2. The fraction of sp³-hybridized carbons (Fsp3) is 0. The highest BCUT2D eigenvalue weighted by molar-refractivity contribution is 6.09. The molecule has 4 aromatic carbocycles. The number of para-hydroxylation sites is 2. The van der Waals surface area contributed by atoms with E-state index in [0.29, 0.717) is 22.6 Å². The number of fused-ring (bicyclic) bond motifs is 3. The average molecular weight is 482 g/mol. The minimum Gasteiger partial charge on any atom is -0.455 e. The maximum Gasteiger partial charge on any atom is 0.255 e. The van der Waals surface area contributed by atoms with Crippen LogP contribution in [0, 0.1) is 11.3 Å². The van der Waals surface area contributed by atoms with Crippen molar-refractivity contribution >= 4 is 45.0 Å². The molecule has 0 radical (unpaired) electrons. The van der Waals surface area contributed by atoms with Crippen molar-refractivity contribution in [2.75, 3.05) is 10.6 Å². The van der Waals surface area contributed by atoms with E-state index in [1.165, 1.54) is 6.33 Å². The fourth-order valence-corrected chi connectivity index (χ4v) is 4.21. The Balaban J connectivity index is 1.21. The third-order valence-electron chi connectivity index (χ3n) is 6.04. The third-order valence-corrected chi connectivity index (χ3v) is 6.04. The molecule has 7 heteroatoms. The van der Waals surface area contributed by atoms with Gasteiger partial charge in [-0.1, -0.05) is 30.3 Å². The van der Waals surface area contributed by atoms with Crippen LogP contribution in [0.4, 0.5) is 17.2 Å². The number of carbonyl (C=O) groups excluding carboxylic acids is 1. The Hall–Kier alpha value is -5.48. The molecule has 0 spiro atoms. The molecule has 6 rings (SSSR count). The maximum absolute atomic E-state index is 12.5. The van der Waals surface area contributed by atoms with Gasteiger partial charge in [0.15, 0.2) is 0 Å². The molecule has 0 fully saturated rings. The summed E-state index contributed by atoms with van der Waals surface area (Å²) in [5, 5.41) is 17.2. The number of nitrogens with one attached hydrogen (secondary N) is 2. The first-order chi connectivity index (χ1) is 18.2. The molecule has 0 unspecified atom stereocenters. The number of carbonyl (C=O) groups is 1. The number of aromatic nitrogens is 2. The first-order valence-electron chi connectivity index (χ1n) is 11.6. The molecule has 6 aromatic rings. The van der Waals surface area contributed by atoms with Crippen LogP contribution in [-0.4, -0.2) is 15.9 Å². The van der Waals surface area contributed by atoms with Gasteiger partial charge in [0.25, 0.3) is 5.91 Å². The van der Waals surface area contributed by atoms with E-state index in [0.717, 1.165) is 38.9 Å². The van der Waals surface area contributed by atoms with Gasteiger partial charge in [0, 0.05) is 39.3 Å². The SMILES string of the molecule is N#Cc1ccc(C(=O)Nc2ccc(Nc3cc(-c4cccc5c4oc4ccccc45)ncn3)cc2)cc1. The molecule has 176 valence electrons. The second-order valence-electron chi connectivity index (χ2n) is 8.41. The predicted molar refractivity (Wildman–Crippen MR) is 144 cm³/mol. The molecule has 2 aromatic heterocycles. The summed E-state index contributed by atoms with van der Waals surface area (Å²) in [6.07, 6.45) is 1.52. The van der Waals surface area contributed by atoms with E-state index in [-0.39, 0.29) is 5.91 Å². The Morgan fingerprint density at radius 1 is 0.811 bits per heavy atom. The zero-order valence-corrected chi connectivity index (χ0v) is 19.5.